The highest BCUT2D eigenvalue weighted by Gasteiger charge is 2.17. The van der Waals surface area contributed by atoms with Gasteiger partial charge in [-0.05, 0) is 25.5 Å². The van der Waals surface area contributed by atoms with Gasteiger partial charge in [-0.2, -0.15) is 0 Å². The molecule has 1 amide bonds. The van der Waals surface area contributed by atoms with Crippen molar-refractivity contribution in [3.05, 3.63) is 29.8 Å². The van der Waals surface area contributed by atoms with E-state index in [1.807, 2.05) is 32.0 Å². The molecule has 94 valence electrons. The number of carbonyl (C=O) groups is 1. The first-order valence-corrected chi connectivity index (χ1v) is 5.80. The van der Waals surface area contributed by atoms with Crippen LogP contribution in [0.15, 0.2) is 24.3 Å². The van der Waals surface area contributed by atoms with E-state index in [0.29, 0.717) is 12.2 Å². The van der Waals surface area contributed by atoms with Crippen LogP contribution >= 0.6 is 0 Å². The van der Waals surface area contributed by atoms with E-state index in [2.05, 4.69) is 0 Å². The second kappa shape index (κ2) is 6.25. The van der Waals surface area contributed by atoms with Gasteiger partial charge in [-0.15, -0.1) is 0 Å². The number of rotatable bonds is 5. The molecule has 17 heavy (non-hydrogen) atoms. The number of anilines is 1. The van der Waals surface area contributed by atoms with Gasteiger partial charge in [0.05, 0.1) is 13.0 Å². The fraction of sp³-hybridized carbons (Fsp3) is 0.462. The van der Waals surface area contributed by atoms with E-state index in [1.54, 1.807) is 11.0 Å². The lowest BCUT2D eigenvalue weighted by atomic mass is 10.1. The van der Waals surface area contributed by atoms with Crippen LogP contribution in [0.2, 0.25) is 0 Å². The van der Waals surface area contributed by atoms with Gasteiger partial charge in [0.15, 0.2) is 0 Å². The average Bonchev–Trinajstić information content (AvgIpc) is 2.28. The van der Waals surface area contributed by atoms with Gasteiger partial charge in [-0.3, -0.25) is 4.79 Å². The Balaban J connectivity index is 2.73. The second-order valence-corrected chi connectivity index (χ2v) is 4.28. The summed E-state index contributed by atoms with van der Waals surface area (Å²) in [4.78, 5) is 13.7. The number of aliphatic hydroxyl groups excluding tert-OH is 1. The molecule has 3 N–H and O–H groups in total. The number of hydrogen-bond acceptors (Lipinski definition) is 3. The summed E-state index contributed by atoms with van der Waals surface area (Å²) in [5.41, 5.74) is 7.27. The van der Waals surface area contributed by atoms with Crippen molar-refractivity contribution in [1.29, 1.82) is 0 Å². The van der Waals surface area contributed by atoms with Crippen molar-refractivity contribution in [3.63, 3.8) is 0 Å². The molecule has 1 aromatic rings. The third kappa shape index (κ3) is 3.75. The maximum Gasteiger partial charge on any atom is 0.227 e. The van der Waals surface area contributed by atoms with Crippen molar-refractivity contribution in [2.45, 2.75) is 26.3 Å². The van der Waals surface area contributed by atoms with Gasteiger partial charge in [-0.25, -0.2) is 0 Å². The van der Waals surface area contributed by atoms with Crippen LogP contribution in [0.25, 0.3) is 0 Å². The van der Waals surface area contributed by atoms with Gasteiger partial charge in [0, 0.05) is 18.3 Å². The molecule has 0 spiro atoms. The van der Waals surface area contributed by atoms with Gasteiger partial charge in [0.1, 0.15) is 0 Å². The van der Waals surface area contributed by atoms with E-state index in [9.17, 15) is 4.79 Å². The Bertz CT molecular complexity index is 377. The predicted molar refractivity (Wildman–Crippen MR) is 68.5 cm³/mol. The number of amides is 1. The molecule has 0 unspecified atom stereocenters. The molecule has 1 aromatic carbocycles. The third-order valence-electron chi connectivity index (χ3n) is 2.68. The molecule has 0 aromatic heterocycles. The molecular weight excluding hydrogens is 216 g/mol. The molecule has 4 heteroatoms. The molecule has 0 aliphatic carbocycles. The van der Waals surface area contributed by atoms with Crippen molar-refractivity contribution < 1.29 is 9.90 Å². The number of aliphatic hydroxyl groups is 1. The van der Waals surface area contributed by atoms with E-state index in [0.717, 1.165) is 5.56 Å². The summed E-state index contributed by atoms with van der Waals surface area (Å²) in [7, 11) is 0. The van der Waals surface area contributed by atoms with Gasteiger partial charge < -0.3 is 15.7 Å². The van der Waals surface area contributed by atoms with E-state index in [4.69, 9.17) is 10.8 Å². The largest absolute Gasteiger partial charge is 0.398 e. The second-order valence-electron chi connectivity index (χ2n) is 4.28. The molecule has 0 saturated heterocycles. The van der Waals surface area contributed by atoms with Crippen LogP contribution in [-0.2, 0) is 11.2 Å². The molecule has 0 saturated carbocycles. The standard InChI is InChI=1S/C13H20N2O2/c1-10(2)15(7-8-16)13(17)9-11-5-3-4-6-12(11)14/h3-6,10,16H,7-9,14H2,1-2H3. The Labute approximate surface area is 102 Å². The highest BCUT2D eigenvalue weighted by atomic mass is 16.3. The smallest absolute Gasteiger partial charge is 0.227 e. The summed E-state index contributed by atoms with van der Waals surface area (Å²) in [5.74, 6) is -0.00745. The Morgan fingerprint density at radius 3 is 2.59 bits per heavy atom. The SMILES string of the molecule is CC(C)N(CCO)C(=O)Cc1ccccc1N. The molecule has 0 aliphatic heterocycles. The minimum absolute atomic E-state index is 0.00745. The Hall–Kier alpha value is -1.55. The van der Waals surface area contributed by atoms with Gasteiger partial charge in [0.25, 0.3) is 0 Å². The number of nitrogen functional groups attached to an aromatic ring is 1. The average molecular weight is 236 g/mol. The number of hydrogen-bond donors (Lipinski definition) is 2. The Kier molecular flexibility index (Phi) is 4.97. The Morgan fingerprint density at radius 2 is 2.06 bits per heavy atom. The molecule has 0 bridgehead atoms. The lowest BCUT2D eigenvalue weighted by Crippen LogP contribution is -2.40. The first kappa shape index (κ1) is 13.5. The molecule has 4 nitrogen and oxygen atoms in total. The summed E-state index contributed by atoms with van der Waals surface area (Å²) >= 11 is 0. The zero-order valence-electron chi connectivity index (χ0n) is 10.4. The van der Waals surface area contributed by atoms with Crippen LogP contribution in [0.3, 0.4) is 0 Å². The number of nitrogens with two attached hydrogens (primary N) is 1. The Morgan fingerprint density at radius 1 is 1.41 bits per heavy atom. The van der Waals surface area contributed by atoms with Crippen LogP contribution in [0.5, 0.6) is 0 Å². The summed E-state index contributed by atoms with van der Waals surface area (Å²) in [6, 6.07) is 7.43. The fourth-order valence-electron chi connectivity index (χ4n) is 1.74. The molecule has 0 atom stereocenters. The lowest BCUT2D eigenvalue weighted by molar-refractivity contribution is -0.132. The van der Waals surface area contributed by atoms with E-state index < -0.39 is 0 Å². The summed E-state index contributed by atoms with van der Waals surface area (Å²) < 4.78 is 0. The van der Waals surface area contributed by atoms with Crippen molar-refractivity contribution in [3.8, 4) is 0 Å². The number of nitrogens with zero attached hydrogens (tertiary/aromatic N) is 1. The van der Waals surface area contributed by atoms with Gasteiger partial charge in [-0.1, -0.05) is 18.2 Å². The molecule has 0 heterocycles. The van der Waals surface area contributed by atoms with E-state index >= 15 is 0 Å². The maximum absolute atomic E-state index is 12.1. The first-order valence-electron chi connectivity index (χ1n) is 5.80. The molecule has 0 fully saturated rings. The van der Waals surface area contributed by atoms with Crippen molar-refractivity contribution in [1.82, 2.24) is 4.90 Å². The van der Waals surface area contributed by atoms with Crippen LogP contribution in [0, 0.1) is 0 Å². The van der Waals surface area contributed by atoms with Crippen molar-refractivity contribution >= 4 is 11.6 Å². The fourth-order valence-corrected chi connectivity index (χ4v) is 1.74. The summed E-state index contributed by atoms with van der Waals surface area (Å²) in [6.45, 7) is 4.21. The summed E-state index contributed by atoms with van der Waals surface area (Å²) in [5, 5.41) is 8.94. The van der Waals surface area contributed by atoms with Gasteiger partial charge >= 0.3 is 0 Å². The maximum atomic E-state index is 12.1. The quantitative estimate of drug-likeness (QED) is 0.751. The zero-order chi connectivity index (χ0) is 12.8. The van der Waals surface area contributed by atoms with Crippen LogP contribution < -0.4 is 5.73 Å². The zero-order valence-corrected chi connectivity index (χ0v) is 10.4. The van der Waals surface area contributed by atoms with Crippen LogP contribution in [0.4, 0.5) is 5.69 Å². The highest BCUT2D eigenvalue weighted by Crippen LogP contribution is 2.13. The monoisotopic (exact) mass is 236 g/mol. The highest BCUT2D eigenvalue weighted by molar-refractivity contribution is 5.80. The van der Waals surface area contributed by atoms with Crippen molar-refractivity contribution in [2.75, 3.05) is 18.9 Å². The van der Waals surface area contributed by atoms with E-state index in [-0.39, 0.29) is 25.0 Å². The predicted octanol–water partition coefficient (Wildman–Crippen LogP) is 1.04. The minimum Gasteiger partial charge on any atom is -0.398 e. The third-order valence-corrected chi connectivity index (χ3v) is 2.68. The van der Waals surface area contributed by atoms with Crippen LogP contribution in [-0.4, -0.2) is 35.1 Å². The molecule has 0 aliphatic rings. The normalized spacial score (nSPS) is 10.6. The van der Waals surface area contributed by atoms with Crippen molar-refractivity contribution in [2.24, 2.45) is 0 Å². The van der Waals surface area contributed by atoms with Crippen LogP contribution in [0.1, 0.15) is 19.4 Å². The topological polar surface area (TPSA) is 66.6 Å². The number of benzene rings is 1. The van der Waals surface area contributed by atoms with E-state index in [1.165, 1.54) is 0 Å². The van der Waals surface area contributed by atoms with Gasteiger partial charge in [0.2, 0.25) is 5.91 Å². The number of carbonyl (C=O) groups excluding carboxylic acids is 1. The first-order chi connectivity index (χ1) is 8.06. The summed E-state index contributed by atoms with van der Waals surface area (Å²) in [6.07, 6.45) is 0.283. The number of para-hydroxylation sites is 1. The molecule has 1 rings (SSSR count). The molecular formula is C13H20N2O2. The minimum atomic E-state index is -0.0197. The molecule has 0 radical (unpaired) electrons. The lowest BCUT2D eigenvalue weighted by Gasteiger charge is -2.26.